The molecule has 1 aromatic heterocycles. The van der Waals surface area contributed by atoms with Gasteiger partial charge in [0.05, 0.1) is 6.61 Å². The number of allylic oxidation sites excluding steroid dienone is 2. The monoisotopic (exact) mass is 386 g/mol. The molecule has 0 saturated heterocycles. The van der Waals surface area contributed by atoms with Crippen molar-refractivity contribution in [2.24, 2.45) is 0 Å². The van der Waals surface area contributed by atoms with Crippen LogP contribution in [-0.4, -0.2) is 27.2 Å². The molecular weight excluding hydrogens is 364 g/mol. The largest absolute Gasteiger partial charge is 0.494 e. The number of ketones is 1. The second-order valence-electron chi connectivity index (χ2n) is 7.36. The Balaban J connectivity index is 1.62. The summed E-state index contributed by atoms with van der Waals surface area (Å²) in [7, 11) is 0. The number of hydrogen-bond acceptors (Lipinski definition) is 5. The molecule has 2 heterocycles. The molecule has 0 radical (unpaired) electrons. The van der Waals surface area contributed by atoms with E-state index in [4.69, 9.17) is 4.74 Å². The molecule has 0 fully saturated rings. The van der Waals surface area contributed by atoms with Gasteiger partial charge >= 0.3 is 0 Å². The number of rotatable bonds is 4. The Labute approximate surface area is 169 Å². The zero-order valence-corrected chi connectivity index (χ0v) is 16.2. The van der Waals surface area contributed by atoms with Gasteiger partial charge in [0.1, 0.15) is 18.1 Å². The van der Waals surface area contributed by atoms with Crippen molar-refractivity contribution in [2.45, 2.75) is 31.7 Å². The number of fused-ring (bicyclic) bond motifs is 1. The number of hydrogen-bond donors (Lipinski definition) is 1. The molecule has 29 heavy (non-hydrogen) atoms. The summed E-state index contributed by atoms with van der Waals surface area (Å²) < 4.78 is 7.66. The maximum Gasteiger partial charge on any atom is 0.226 e. The molecule has 5 rings (SSSR count). The molecule has 0 bridgehead atoms. The smallest absolute Gasteiger partial charge is 0.226 e. The molecule has 0 amide bonds. The maximum absolute atomic E-state index is 13.4. The Morgan fingerprint density at radius 3 is 2.72 bits per heavy atom. The average molecular weight is 386 g/mol. The number of aromatic nitrogens is 3. The average Bonchev–Trinajstić information content (AvgIpc) is 3.22. The molecule has 3 aromatic rings. The van der Waals surface area contributed by atoms with E-state index in [0.717, 1.165) is 29.0 Å². The number of nitrogens with zero attached hydrogens (tertiary/aromatic N) is 3. The van der Waals surface area contributed by atoms with Crippen molar-refractivity contribution >= 4 is 11.7 Å². The molecule has 0 spiro atoms. The number of carbonyl (C=O) groups excluding carboxylic acids is 1. The summed E-state index contributed by atoms with van der Waals surface area (Å²) in [5.41, 5.74) is 3.82. The maximum atomic E-state index is 13.4. The number of ether oxygens (including phenoxy) is 1. The van der Waals surface area contributed by atoms with Crippen LogP contribution < -0.4 is 10.1 Å². The minimum atomic E-state index is -0.337. The van der Waals surface area contributed by atoms with Crippen LogP contribution in [0, 0.1) is 0 Å². The summed E-state index contributed by atoms with van der Waals surface area (Å²) >= 11 is 0. The topological polar surface area (TPSA) is 69.0 Å². The number of anilines is 1. The van der Waals surface area contributed by atoms with E-state index in [-0.39, 0.29) is 17.7 Å². The van der Waals surface area contributed by atoms with Crippen LogP contribution in [0.15, 0.2) is 72.2 Å². The van der Waals surface area contributed by atoms with Crippen molar-refractivity contribution in [3.05, 3.63) is 83.3 Å². The van der Waals surface area contributed by atoms with Gasteiger partial charge in [-0.2, -0.15) is 10.1 Å². The highest BCUT2D eigenvalue weighted by molar-refractivity contribution is 6.00. The molecule has 1 aliphatic carbocycles. The first-order chi connectivity index (χ1) is 14.3. The number of nitrogens with one attached hydrogen (secondary N) is 1. The van der Waals surface area contributed by atoms with Gasteiger partial charge in [-0.05, 0) is 30.9 Å². The molecule has 2 atom stereocenters. The molecule has 2 aliphatic rings. The fraction of sp³-hybridized carbons (Fsp3) is 0.261. The summed E-state index contributed by atoms with van der Waals surface area (Å²) in [6.07, 6.45) is 2.78. The quantitative estimate of drug-likeness (QED) is 0.731. The van der Waals surface area contributed by atoms with E-state index in [1.165, 1.54) is 11.9 Å². The third-order valence-electron chi connectivity index (χ3n) is 5.65. The molecule has 0 unspecified atom stereocenters. The van der Waals surface area contributed by atoms with Gasteiger partial charge in [0.15, 0.2) is 5.78 Å². The van der Waals surface area contributed by atoms with Gasteiger partial charge in [-0.25, -0.2) is 4.68 Å². The third-order valence-corrected chi connectivity index (χ3v) is 5.65. The summed E-state index contributed by atoms with van der Waals surface area (Å²) in [4.78, 5) is 17.8. The van der Waals surface area contributed by atoms with Crippen molar-refractivity contribution in [1.29, 1.82) is 0 Å². The second-order valence-corrected chi connectivity index (χ2v) is 7.36. The lowest BCUT2D eigenvalue weighted by Crippen LogP contribution is -2.33. The molecule has 146 valence electrons. The lowest BCUT2D eigenvalue weighted by Gasteiger charge is -2.35. The Morgan fingerprint density at radius 2 is 1.90 bits per heavy atom. The predicted octanol–water partition coefficient (Wildman–Crippen LogP) is 4.09. The van der Waals surface area contributed by atoms with Gasteiger partial charge in [-0.1, -0.05) is 48.5 Å². The van der Waals surface area contributed by atoms with E-state index in [1.807, 2.05) is 49.4 Å². The predicted molar refractivity (Wildman–Crippen MR) is 110 cm³/mol. The van der Waals surface area contributed by atoms with E-state index >= 15 is 0 Å². The van der Waals surface area contributed by atoms with Crippen LogP contribution in [0.2, 0.25) is 0 Å². The summed E-state index contributed by atoms with van der Waals surface area (Å²) in [5, 5.41) is 7.79. The number of para-hydroxylation sites is 1. The van der Waals surface area contributed by atoms with E-state index in [1.54, 1.807) is 4.68 Å². The van der Waals surface area contributed by atoms with E-state index in [2.05, 4.69) is 27.5 Å². The highest BCUT2D eigenvalue weighted by Crippen LogP contribution is 2.45. The first kappa shape index (κ1) is 17.7. The lowest BCUT2D eigenvalue weighted by molar-refractivity contribution is -0.116. The van der Waals surface area contributed by atoms with Gasteiger partial charge in [0, 0.05) is 23.3 Å². The molecule has 6 nitrogen and oxygen atoms in total. The Morgan fingerprint density at radius 1 is 1.10 bits per heavy atom. The van der Waals surface area contributed by atoms with E-state index in [9.17, 15) is 4.79 Å². The van der Waals surface area contributed by atoms with Crippen LogP contribution in [-0.2, 0) is 4.79 Å². The second kappa shape index (κ2) is 7.20. The molecular formula is C23H22N4O2. The fourth-order valence-electron chi connectivity index (χ4n) is 4.39. The lowest BCUT2D eigenvalue weighted by atomic mass is 9.78. The van der Waals surface area contributed by atoms with Crippen molar-refractivity contribution < 1.29 is 9.53 Å². The van der Waals surface area contributed by atoms with Gasteiger partial charge in [-0.15, -0.1) is 0 Å². The van der Waals surface area contributed by atoms with Gasteiger partial charge < -0.3 is 10.1 Å². The third kappa shape index (κ3) is 3.01. The van der Waals surface area contributed by atoms with Crippen LogP contribution in [0.3, 0.4) is 0 Å². The van der Waals surface area contributed by atoms with Crippen LogP contribution in [0.1, 0.15) is 42.9 Å². The Hall–Kier alpha value is -3.41. The molecule has 6 heteroatoms. The van der Waals surface area contributed by atoms with Crippen LogP contribution in [0.25, 0.3) is 0 Å². The van der Waals surface area contributed by atoms with Crippen molar-refractivity contribution in [1.82, 2.24) is 14.8 Å². The standard InChI is InChI=1S/C23H22N4O2/c1-2-29-20-11-7-6-10-17(20)22-21-18(26-23-24-14-25-27(22)23)12-16(13-19(21)28)15-8-4-3-5-9-15/h3-11,14,16,22H,2,12-13H2,1H3,(H,24,25,26)/t16-,22+/m0/s1. The number of carbonyl (C=O) groups is 1. The van der Waals surface area contributed by atoms with E-state index in [0.29, 0.717) is 19.0 Å². The highest BCUT2D eigenvalue weighted by atomic mass is 16.5. The minimum Gasteiger partial charge on any atom is -0.494 e. The molecule has 1 aliphatic heterocycles. The van der Waals surface area contributed by atoms with Crippen LogP contribution in [0.4, 0.5) is 5.95 Å². The SMILES string of the molecule is CCOc1ccccc1[C@@H]1C2=C(C[C@H](c3ccccc3)CC2=O)Nc2ncnn21. The molecule has 2 aromatic carbocycles. The normalized spacial score (nSPS) is 20.7. The molecule has 1 N–H and O–H groups in total. The first-order valence-electron chi connectivity index (χ1n) is 9.95. The first-order valence-corrected chi connectivity index (χ1v) is 9.95. The summed E-state index contributed by atoms with van der Waals surface area (Å²) in [6.45, 7) is 2.52. The van der Waals surface area contributed by atoms with E-state index < -0.39 is 0 Å². The Bertz CT molecular complexity index is 1090. The van der Waals surface area contributed by atoms with Crippen LogP contribution in [0.5, 0.6) is 5.75 Å². The van der Waals surface area contributed by atoms with Gasteiger partial charge in [0.25, 0.3) is 0 Å². The van der Waals surface area contributed by atoms with Crippen molar-refractivity contribution in [2.75, 3.05) is 11.9 Å². The fourth-order valence-corrected chi connectivity index (χ4v) is 4.39. The highest BCUT2D eigenvalue weighted by Gasteiger charge is 2.40. The van der Waals surface area contributed by atoms with Crippen LogP contribution >= 0.6 is 0 Å². The number of benzene rings is 2. The Kier molecular flexibility index (Phi) is 4.39. The molecule has 0 saturated carbocycles. The summed E-state index contributed by atoms with van der Waals surface area (Å²) in [5.74, 6) is 1.73. The van der Waals surface area contributed by atoms with Gasteiger partial charge in [-0.3, -0.25) is 4.79 Å². The summed E-state index contributed by atoms with van der Waals surface area (Å²) in [6, 6.07) is 17.8. The number of Topliss-reactive ketones (excluding diaryl/α,β-unsaturated/α-hetero) is 1. The zero-order chi connectivity index (χ0) is 19.8. The van der Waals surface area contributed by atoms with Crippen molar-refractivity contribution in [3.8, 4) is 5.75 Å². The van der Waals surface area contributed by atoms with Crippen molar-refractivity contribution in [3.63, 3.8) is 0 Å². The van der Waals surface area contributed by atoms with Gasteiger partial charge in [0.2, 0.25) is 5.95 Å². The minimum absolute atomic E-state index is 0.144. The zero-order valence-electron chi connectivity index (χ0n) is 16.2.